The lowest BCUT2D eigenvalue weighted by molar-refractivity contribution is -0.139. The minimum atomic E-state index is -4.75. The summed E-state index contributed by atoms with van der Waals surface area (Å²) in [7, 11) is 0. The van der Waals surface area contributed by atoms with Gasteiger partial charge in [-0.05, 0) is 69.5 Å². The van der Waals surface area contributed by atoms with Gasteiger partial charge in [0, 0.05) is 28.7 Å². The van der Waals surface area contributed by atoms with Gasteiger partial charge in [-0.3, -0.25) is 14.3 Å². The summed E-state index contributed by atoms with van der Waals surface area (Å²) < 4.78 is 44.1. The molecule has 1 saturated carbocycles. The Bertz CT molecular complexity index is 1460. The molecular weight excluding hydrogens is 551 g/mol. The van der Waals surface area contributed by atoms with Crippen molar-refractivity contribution in [2.45, 2.75) is 64.0 Å². The van der Waals surface area contributed by atoms with Crippen LogP contribution in [0, 0.1) is 0 Å². The predicted molar refractivity (Wildman–Crippen MR) is 142 cm³/mol. The molecule has 0 radical (unpaired) electrons. The first-order valence-electron chi connectivity index (χ1n) is 12.6. The number of amides is 2. The molecule has 2 aromatic carbocycles. The standard InChI is InChI=1S/C27H29ClF3N5O4/c1-26(2,3)36(25(39)40)21(19-6-4-5-7-20(19)27(29,30)31)14-32-22(37)15-34-24(38)35(18-12-13-18)23(33-34)16-8-10-17(28)11-9-16/h4-11,18,21H,12-15H2,1-3H3,(H,32,37)(H,39,40). The van der Waals surface area contributed by atoms with Crippen LogP contribution < -0.4 is 11.0 Å². The molecule has 214 valence electrons. The number of hydrogen-bond donors (Lipinski definition) is 2. The molecule has 3 aromatic rings. The molecule has 2 amide bonds. The van der Waals surface area contributed by atoms with Gasteiger partial charge in [0.1, 0.15) is 6.54 Å². The maximum atomic E-state index is 13.9. The molecule has 9 nitrogen and oxygen atoms in total. The molecule has 40 heavy (non-hydrogen) atoms. The van der Waals surface area contributed by atoms with Crippen molar-refractivity contribution >= 4 is 23.6 Å². The lowest BCUT2D eigenvalue weighted by Crippen LogP contribution is -2.51. The van der Waals surface area contributed by atoms with Crippen molar-refractivity contribution in [1.29, 1.82) is 0 Å². The zero-order chi connectivity index (χ0) is 29.4. The van der Waals surface area contributed by atoms with E-state index in [2.05, 4.69) is 10.4 Å². The molecular formula is C27H29ClF3N5O4. The monoisotopic (exact) mass is 579 g/mol. The van der Waals surface area contributed by atoms with Gasteiger partial charge in [0.15, 0.2) is 5.82 Å². The van der Waals surface area contributed by atoms with E-state index in [1.807, 2.05) is 0 Å². The number of nitrogens with one attached hydrogen (secondary N) is 1. The highest BCUT2D eigenvalue weighted by atomic mass is 35.5. The van der Waals surface area contributed by atoms with Crippen LogP contribution in [0.3, 0.4) is 0 Å². The van der Waals surface area contributed by atoms with Crippen molar-refractivity contribution in [3.63, 3.8) is 0 Å². The van der Waals surface area contributed by atoms with Crippen molar-refractivity contribution in [2.24, 2.45) is 0 Å². The molecule has 1 heterocycles. The van der Waals surface area contributed by atoms with Crippen LogP contribution in [0.5, 0.6) is 0 Å². The van der Waals surface area contributed by atoms with Crippen molar-refractivity contribution < 1.29 is 27.9 Å². The quantitative estimate of drug-likeness (QED) is 0.374. The highest BCUT2D eigenvalue weighted by Crippen LogP contribution is 2.38. The molecule has 1 unspecified atom stereocenters. The molecule has 2 N–H and O–H groups in total. The maximum Gasteiger partial charge on any atom is 0.416 e. The smallest absolute Gasteiger partial charge is 0.416 e. The van der Waals surface area contributed by atoms with Gasteiger partial charge in [0.05, 0.1) is 11.6 Å². The Kier molecular flexibility index (Phi) is 8.02. The zero-order valence-electron chi connectivity index (χ0n) is 22.1. The summed E-state index contributed by atoms with van der Waals surface area (Å²) in [6.07, 6.45) is -4.62. The topological polar surface area (TPSA) is 109 Å². The molecule has 1 atom stereocenters. The van der Waals surface area contributed by atoms with Crippen LogP contribution in [0.15, 0.2) is 53.3 Å². The van der Waals surface area contributed by atoms with Crippen molar-refractivity contribution in [3.05, 3.63) is 75.2 Å². The first kappa shape index (κ1) is 29.2. The van der Waals surface area contributed by atoms with E-state index in [0.29, 0.717) is 16.4 Å². The van der Waals surface area contributed by atoms with Crippen LogP contribution in [0.4, 0.5) is 18.0 Å². The minimum Gasteiger partial charge on any atom is -0.465 e. The third-order valence-corrected chi connectivity index (χ3v) is 6.79. The fourth-order valence-corrected chi connectivity index (χ4v) is 4.78. The van der Waals surface area contributed by atoms with Gasteiger partial charge < -0.3 is 10.4 Å². The normalized spacial score (nSPS) is 14.6. The Morgan fingerprint density at radius 1 is 1.12 bits per heavy atom. The first-order valence-corrected chi connectivity index (χ1v) is 13.0. The third kappa shape index (κ3) is 6.33. The zero-order valence-corrected chi connectivity index (χ0v) is 22.8. The van der Waals surface area contributed by atoms with Gasteiger partial charge in [-0.15, -0.1) is 5.10 Å². The summed E-state index contributed by atoms with van der Waals surface area (Å²) in [6.45, 7) is 3.69. The predicted octanol–water partition coefficient (Wildman–Crippen LogP) is 5.35. The fourth-order valence-electron chi connectivity index (χ4n) is 4.66. The maximum absolute atomic E-state index is 13.9. The van der Waals surface area contributed by atoms with E-state index < -0.39 is 54.1 Å². The van der Waals surface area contributed by atoms with Crippen LogP contribution in [-0.2, 0) is 17.5 Å². The van der Waals surface area contributed by atoms with Crippen LogP contribution in [0.1, 0.15) is 56.8 Å². The number of carboxylic acid groups (broad SMARTS) is 1. The Morgan fingerprint density at radius 2 is 1.75 bits per heavy atom. The molecule has 1 aliphatic carbocycles. The number of carbonyl (C=O) groups excluding carboxylic acids is 1. The van der Waals surface area contributed by atoms with E-state index in [-0.39, 0.29) is 11.6 Å². The van der Waals surface area contributed by atoms with Crippen molar-refractivity contribution in [1.82, 2.24) is 24.6 Å². The SMILES string of the molecule is CC(C)(C)N(C(=O)O)C(CNC(=O)Cn1nc(-c2ccc(Cl)cc2)n(C2CC2)c1=O)c1ccccc1C(F)(F)F. The molecule has 0 saturated heterocycles. The first-order chi connectivity index (χ1) is 18.7. The van der Waals surface area contributed by atoms with E-state index in [4.69, 9.17) is 11.6 Å². The lowest BCUT2D eigenvalue weighted by Gasteiger charge is -2.40. The summed E-state index contributed by atoms with van der Waals surface area (Å²) in [5, 5.41) is 17.3. The van der Waals surface area contributed by atoms with E-state index in [9.17, 15) is 32.7 Å². The summed E-state index contributed by atoms with van der Waals surface area (Å²) in [4.78, 5) is 39.2. The molecule has 1 aliphatic rings. The summed E-state index contributed by atoms with van der Waals surface area (Å²) >= 11 is 5.98. The van der Waals surface area contributed by atoms with Gasteiger partial charge in [0.25, 0.3) is 0 Å². The Labute approximate surface area is 233 Å². The Hall–Kier alpha value is -3.80. The number of nitrogens with zero attached hydrogens (tertiary/aromatic N) is 4. The molecule has 0 bridgehead atoms. The second kappa shape index (κ2) is 11.0. The lowest BCUT2D eigenvalue weighted by atomic mass is 9.94. The summed E-state index contributed by atoms with van der Waals surface area (Å²) in [5.74, 6) is -0.335. The number of alkyl halides is 3. The van der Waals surface area contributed by atoms with E-state index in [0.717, 1.165) is 28.5 Å². The van der Waals surface area contributed by atoms with Crippen molar-refractivity contribution in [2.75, 3.05) is 6.54 Å². The summed E-state index contributed by atoms with van der Waals surface area (Å²) in [6, 6.07) is 9.98. The number of rotatable bonds is 8. The van der Waals surface area contributed by atoms with Gasteiger partial charge in [-0.1, -0.05) is 29.8 Å². The average Bonchev–Trinajstić information content (AvgIpc) is 3.64. The largest absolute Gasteiger partial charge is 0.465 e. The van der Waals surface area contributed by atoms with Crippen LogP contribution in [0.25, 0.3) is 11.4 Å². The Morgan fingerprint density at radius 3 is 2.30 bits per heavy atom. The summed E-state index contributed by atoms with van der Waals surface area (Å²) in [5.41, 5.74) is -2.26. The van der Waals surface area contributed by atoms with Crippen LogP contribution in [-0.4, -0.2) is 48.4 Å². The number of carbonyl (C=O) groups is 2. The molecule has 1 fully saturated rings. The fraction of sp³-hybridized carbons (Fsp3) is 0.407. The number of aromatic nitrogens is 3. The number of benzene rings is 2. The van der Waals surface area contributed by atoms with E-state index in [1.54, 1.807) is 45.0 Å². The van der Waals surface area contributed by atoms with Crippen molar-refractivity contribution in [3.8, 4) is 11.4 Å². The van der Waals surface area contributed by atoms with E-state index in [1.165, 1.54) is 22.8 Å². The van der Waals surface area contributed by atoms with E-state index >= 15 is 0 Å². The second-order valence-electron chi connectivity index (χ2n) is 10.6. The van der Waals surface area contributed by atoms with Gasteiger partial charge in [-0.2, -0.15) is 13.2 Å². The Balaban J connectivity index is 1.62. The molecule has 0 aliphatic heterocycles. The second-order valence-corrected chi connectivity index (χ2v) is 11.0. The number of halogens is 4. The minimum absolute atomic E-state index is 0.0471. The van der Waals surface area contributed by atoms with Crippen LogP contribution in [0.2, 0.25) is 5.02 Å². The number of hydrogen-bond acceptors (Lipinski definition) is 4. The highest BCUT2D eigenvalue weighted by molar-refractivity contribution is 6.30. The molecule has 4 rings (SSSR count). The van der Waals surface area contributed by atoms with Crippen LogP contribution >= 0.6 is 11.6 Å². The highest BCUT2D eigenvalue weighted by Gasteiger charge is 2.40. The molecule has 13 heteroatoms. The van der Waals surface area contributed by atoms with Gasteiger partial charge in [0.2, 0.25) is 5.91 Å². The molecule has 1 aromatic heterocycles. The molecule has 0 spiro atoms. The van der Waals surface area contributed by atoms with Gasteiger partial charge in [-0.25, -0.2) is 14.3 Å². The van der Waals surface area contributed by atoms with Gasteiger partial charge >= 0.3 is 18.0 Å². The average molecular weight is 580 g/mol. The third-order valence-electron chi connectivity index (χ3n) is 6.54.